The summed E-state index contributed by atoms with van der Waals surface area (Å²) >= 11 is 0. The molecule has 1 aromatic carbocycles. The molecule has 2 heterocycles. The Hall–Kier alpha value is -0.600. The first-order valence-electron chi connectivity index (χ1n) is 6.80. The topological polar surface area (TPSA) is 12.0 Å². The highest BCUT2D eigenvalue weighted by atomic mass is 35.5. The number of fused-ring (bicyclic) bond motifs is 2. The summed E-state index contributed by atoms with van der Waals surface area (Å²) in [6.07, 6.45) is 7.34. The molecule has 1 aromatic rings. The number of piperidine rings is 1. The van der Waals surface area contributed by atoms with Crippen molar-refractivity contribution in [3.8, 4) is 0 Å². The lowest BCUT2D eigenvalue weighted by atomic mass is 9.87. The van der Waals surface area contributed by atoms with E-state index in [0.29, 0.717) is 0 Å². The van der Waals surface area contributed by atoms with Gasteiger partial charge in [0.15, 0.2) is 0 Å². The van der Waals surface area contributed by atoms with Crippen molar-refractivity contribution in [1.29, 1.82) is 0 Å². The van der Waals surface area contributed by atoms with Crippen LogP contribution in [-0.2, 0) is 6.42 Å². The van der Waals surface area contributed by atoms with E-state index < -0.39 is 0 Å². The highest BCUT2D eigenvalue weighted by molar-refractivity contribution is 5.85. The Labute approximate surface area is 115 Å². The van der Waals surface area contributed by atoms with Crippen molar-refractivity contribution in [2.75, 3.05) is 0 Å². The lowest BCUT2D eigenvalue weighted by Gasteiger charge is -2.29. The summed E-state index contributed by atoms with van der Waals surface area (Å²) in [5, 5.41) is 3.66. The van der Waals surface area contributed by atoms with Crippen LogP contribution in [-0.4, -0.2) is 12.1 Å². The van der Waals surface area contributed by atoms with Crippen LogP contribution in [0.3, 0.4) is 0 Å². The molecule has 1 nitrogen and oxygen atoms in total. The summed E-state index contributed by atoms with van der Waals surface area (Å²) in [5.41, 5.74) is 0.887. The maximum Gasteiger partial charge on any atom is 0.126 e. The number of hydrogen-bond acceptors (Lipinski definition) is 1. The molecule has 2 fully saturated rings. The fourth-order valence-electron chi connectivity index (χ4n) is 3.47. The SMILES string of the molecule is Cl.Fc1ccccc1CC[C@H]1C[C@H]2CC[C@@H](C1)N2. The van der Waals surface area contributed by atoms with Crippen LogP contribution in [0.2, 0.25) is 0 Å². The van der Waals surface area contributed by atoms with E-state index >= 15 is 0 Å². The second kappa shape index (κ2) is 6.03. The number of rotatable bonds is 3. The quantitative estimate of drug-likeness (QED) is 0.882. The van der Waals surface area contributed by atoms with Gasteiger partial charge in [-0.25, -0.2) is 4.39 Å². The number of benzene rings is 1. The van der Waals surface area contributed by atoms with E-state index in [4.69, 9.17) is 0 Å². The fourth-order valence-corrected chi connectivity index (χ4v) is 3.47. The van der Waals surface area contributed by atoms with Gasteiger partial charge in [-0.3, -0.25) is 0 Å². The van der Waals surface area contributed by atoms with Crippen molar-refractivity contribution in [1.82, 2.24) is 5.32 Å². The van der Waals surface area contributed by atoms with Crippen molar-refractivity contribution < 1.29 is 4.39 Å². The molecule has 0 aliphatic carbocycles. The van der Waals surface area contributed by atoms with Crippen LogP contribution in [0.15, 0.2) is 24.3 Å². The van der Waals surface area contributed by atoms with Gasteiger partial charge in [0.2, 0.25) is 0 Å². The summed E-state index contributed by atoms with van der Waals surface area (Å²) in [5.74, 6) is 0.762. The van der Waals surface area contributed by atoms with Crippen molar-refractivity contribution >= 4 is 12.4 Å². The highest BCUT2D eigenvalue weighted by Crippen LogP contribution is 2.33. The van der Waals surface area contributed by atoms with E-state index in [9.17, 15) is 4.39 Å². The molecule has 100 valence electrons. The van der Waals surface area contributed by atoms with Crippen LogP contribution in [0.25, 0.3) is 0 Å². The molecule has 0 radical (unpaired) electrons. The summed E-state index contributed by atoms with van der Waals surface area (Å²) < 4.78 is 13.5. The van der Waals surface area contributed by atoms with E-state index in [1.165, 1.54) is 25.7 Å². The molecule has 2 saturated heterocycles. The van der Waals surface area contributed by atoms with Crippen LogP contribution in [0, 0.1) is 11.7 Å². The van der Waals surface area contributed by atoms with Gasteiger partial charge >= 0.3 is 0 Å². The predicted octanol–water partition coefficient (Wildman–Crippen LogP) is 3.71. The first-order valence-corrected chi connectivity index (χ1v) is 6.80. The Morgan fingerprint density at radius 1 is 1.11 bits per heavy atom. The van der Waals surface area contributed by atoms with Gasteiger partial charge in [-0.2, -0.15) is 0 Å². The van der Waals surface area contributed by atoms with Gasteiger partial charge in [0.05, 0.1) is 0 Å². The third kappa shape index (κ3) is 3.04. The number of halogens is 2. The summed E-state index contributed by atoms with van der Waals surface area (Å²) in [6, 6.07) is 8.69. The standard InChI is InChI=1S/C15H20FN.ClH/c16-15-4-2-1-3-12(15)6-5-11-9-13-7-8-14(10-11)17-13;/h1-4,11,13-14,17H,5-10H2;1H/t11-,13+,14-;. The summed E-state index contributed by atoms with van der Waals surface area (Å²) in [4.78, 5) is 0. The second-order valence-electron chi connectivity index (χ2n) is 5.61. The minimum Gasteiger partial charge on any atom is -0.311 e. The first-order chi connectivity index (χ1) is 8.31. The molecule has 0 aromatic heterocycles. The third-order valence-corrected chi connectivity index (χ3v) is 4.35. The number of nitrogens with one attached hydrogen (secondary N) is 1. The predicted molar refractivity (Wildman–Crippen MR) is 74.6 cm³/mol. The van der Waals surface area contributed by atoms with E-state index in [-0.39, 0.29) is 18.2 Å². The lowest BCUT2D eigenvalue weighted by molar-refractivity contribution is 0.285. The van der Waals surface area contributed by atoms with Gasteiger partial charge < -0.3 is 5.32 Å². The van der Waals surface area contributed by atoms with Crippen LogP contribution in [0.1, 0.15) is 37.7 Å². The molecule has 2 aliphatic rings. The van der Waals surface area contributed by atoms with Crippen LogP contribution < -0.4 is 5.32 Å². The molecule has 3 rings (SSSR count). The Morgan fingerprint density at radius 2 is 1.78 bits per heavy atom. The van der Waals surface area contributed by atoms with Crippen molar-refractivity contribution in [2.45, 2.75) is 50.6 Å². The Kier molecular flexibility index (Phi) is 4.63. The zero-order valence-corrected chi connectivity index (χ0v) is 11.4. The molecule has 0 saturated carbocycles. The molecule has 1 N–H and O–H groups in total. The summed E-state index contributed by atoms with van der Waals surface area (Å²) in [6.45, 7) is 0. The van der Waals surface area contributed by atoms with Gasteiger partial charge in [0, 0.05) is 12.1 Å². The lowest BCUT2D eigenvalue weighted by Crippen LogP contribution is -2.38. The zero-order valence-electron chi connectivity index (χ0n) is 10.6. The molecule has 2 bridgehead atoms. The second-order valence-corrected chi connectivity index (χ2v) is 5.61. The average molecular weight is 270 g/mol. The maximum absolute atomic E-state index is 13.5. The molecule has 18 heavy (non-hydrogen) atoms. The fraction of sp³-hybridized carbons (Fsp3) is 0.600. The largest absolute Gasteiger partial charge is 0.311 e. The van der Waals surface area contributed by atoms with Crippen molar-refractivity contribution in [3.05, 3.63) is 35.6 Å². The summed E-state index contributed by atoms with van der Waals surface area (Å²) in [7, 11) is 0. The molecule has 3 atom stereocenters. The molecule has 0 spiro atoms. The van der Waals surface area contributed by atoms with Gasteiger partial charge in [-0.1, -0.05) is 18.2 Å². The minimum absolute atomic E-state index is 0. The van der Waals surface area contributed by atoms with Crippen LogP contribution in [0.5, 0.6) is 0 Å². The molecular weight excluding hydrogens is 249 g/mol. The average Bonchev–Trinajstić information content (AvgIpc) is 2.68. The molecule has 2 aliphatic heterocycles. The smallest absolute Gasteiger partial charge is 0.126 e. The minimum atomic E-state index is -0.0376. The third-order valence-electron chi connectivity index (χ3n) is 4.35. The van der Waals surface area contributed by atoms with E-state index in [0.717, 1.165) is 36.4 Å². The molecular formula is C15H21ClFN. The Balaban J connectivity index is 0.00000120. The first kappa shape index (κ1) is 13.8. The van der Waals surface area contributed by atoms with Gasteiger partial charge in [-0.05, 0) is 56.1 Å². The maximum atomic E-state index is 13.5. The Morgan fingerprint density at radius 3 is 2.44 bits per heavy atom. The monoisotopic (exact) mass is 269 g/mol. The molecule has 0 amide bonds. The van der Waals surface area contributed by atoms with E-state index in [2.05, 4.69) is 5.32 Å². The number of aryl methyl sites for hydroxylation is 1. The van der Waals surface area contributed by atoms with Gasteiger partial charge in [0.1, 0.15) is 5.82 Å². The van der Waals surface area contributed by atoms with E-state index in [1.807, 2.05) is 12.1 Å². The molecule has 3 heteroatoms. The van der Waals surface area contributed by atoms with Gasteiger partial charge in [-0.15, -0.1) is 12.4 Å². The van der Waals surface area contributed by atoms with Crippen LogP contribution in [0.4, 0.5) is 4.39 Å². The van der Waals surface area contributed by atoms with Crippen molar-refractivity contribution in [3.63, 3.8) is 0 Å². The normalized spacial score (nSPS) is 29.9. The highest BCUT2D eigenvalue weighted by Gasteiger charge is 2.32. The van der Waals surface area contributed by atoms with Gasteiger partial charge in [0.25, 0.3) is 0 Å². The van der Waals surface area contributed by atoms with Crippen molar-refractivity contribution in [2.24, 2.45) is 5.92 Å². The molecule has 0 unspecified atom stereocenters. The zero-order chi connectivity index (χ0) is 11.7. The van der Waals surface area contributed by atoms with E-state index in [1.54, 1.807) is 12.1 Å². The number of hydrogen-bond donors (Lipinski definition) is 1. The van der Waals surface area contributed by atoms with Crippen LogP contribution >= 0.6 is 12.4 Å². The Bertz CT molecular complexity index is 384.